The predicted molar refractivity (Wildman–Crippen MR) is 101 cm³/mol. The number of hydrogen-bond donors (Lipinski definition) is 1. The average molecular weight is 384 g/mol. The Bertz CT molecular complexity index is 1020. The summed E-state index contributed by atoms with van der Waals surface area (Å²) in [6.45, 7) is 0. The summed E-state index contributed by atoms with van der Waals surface area (Å²) in [5, 5.41) is 27.0. The van der Waals surface area contributed by atoms with Gasteiger partial charge in [0.2, 0.25) is 0 Å². The fourth-order valence-corrected chi connectivity index (χ4v) is 2.95. The van der Waals surface area contributed by atoms with Crippen LogP contribution in [-0.4, -0.2) is 15.6 Å². The number of nitro benzene ring substituents is 1. The van der Waals surface area contributed by atoms with Crippen LogP contribution >= 0.6 is 22.9 Å². The molecule has 9 heteroatoms. The number of anilines is 1. The summed E-state index contributed by atoms with van der Waals surface area (Å²) >= 11 is 7.06. The molecule has 1 heterocycles. The van der Waals surface area contributed by atoms with E-state index in [1.54, 1.807) is 41.8 Å². The van der Waals surface area contributed by atoms with Crippen molar-refractivity contribution >= 4 is 40.0 Å². The van der Waals surface area contributed by atoms with Crippen LogP contribution in [0, 0.1) is 21.4 Å². The SMILES string of the molecule is N#C/C(=N\Nc1ccc(Cl)cc1)c1nc(-c2cccc([N+](=O)[O-])c2)cs1. The van der Waals surface area contributed by atoms with Crippen molar-refractivity contribution in [3.63, 3.8) is 0 Å². The number of nitrogens with zero attached hydrogens (tertiary/aromatic N) is 4. The number of hydrazone groups is 1. The van der Waals surface area contributed by atoms with Crippen molar-refractivity contribution in [1.29, 1.82) is 5.26 Å². The van der Waals surface area contributed by atoms with Gasteiger partial charge in [0.1, 0.15) is 6.07 Å². The fourth-order valence-electron chi connectivity index (χ4n) is 2.06. The first-order valence-corrected chi connectivity index (χ1v) is 8.52. The van der Waals surface area contributed by atoms with Gasteiger partial charge >= 0.3 is 0 Å². The van der Waals surface area contributed by atoms with Crippen molar-refractivity contribution in [2.75, 3.05) is 5.43 Å². The molecule has 0 saturated carbocycles. The van der Waals surface area contributed by atoms with Crippen molar-refractivity contribution < 1.29 is 4.92 Å². The molecule has 3 aromatic rings. The average Bonchev–Trinajstić information content (AvgIpc) is 3.14. The molecule has 26 heavy (non-hydrogen) atoms. The Morgan fingerprint density at radius 3 is 2.77 bits per heavy atom. The van der Waals surface area contributed by atoms with E-state index in [0.29, 0.717) is 27.0 Å². The highest BCUT2D eigenvalue weighted by Gasteiger charge is 2.13. The second kappa shape index (κ2) is 7.74. The smallest absolute Gasteiger partial charge is 0.270 e. The Hall–Kier alpha value is -3.28. The Morgan fingerprint density at radius 2 is 2.08 bits per heavy atom. The van der Waals surface area contributed by atoms with Crippen LogP contribution in [0.3, 0.4) is 0 Å². The monoisotopic (exact) mass is 383 g/mol. The lowest BCUT2D eigenvalue weighted by atomic mass is 10.1. The number of rotatable bonds is 5. The molecular formula is C17H10ClN5O2S. The van der Waals surface area contributed by atoms with Crippen LogP contribution in [0.25, 0.3) is 11.3 Å². The number of nitriles is 1. The van der Waals surface area contributed by atoms with E-state index in [1.165, 1.54) is 23.5 Å². The summed E-state index contributed by atoms with van der Waals surface area (Å²) in [5.74, 6) is 0. The predicted octanol–water partition coefficient (Wildman–Crippen LogP) is 4.71. The Balaban J connectivity index is 1.84. The van der Waals surface area contributed by atoms with Crippen molar-refractivity contribution in [3.05, 3.63) is 74.1 Å². The molecule has 0 amide bonds. The molecule has 0 unspecified atom stereocenters. The molecule has 0 saturated heterocycles. The summed E-state index contributed by atoms with van der Waals surface area (Å²) in [6, 6.07) is 15.0. The molecule has 0 bridgehead atoms. The van der Waals surface area contributed by atoms with Crippen LogP contribution < -0.4 is 5.43 Å². The molecule has 128 valence electrons. The quantitative estimate of drug-likeness (QED) is 0.390. The second-order valence-electron chi connectivity index (χ2n) is 5.04. The highest BCUT2D eigenvalue weighted by molar-refractivity contribution is 7.12. The minimum atomic E-state index is -0.463. The third kappa shape index (κ3) is 4.03. The van der Waals surface area contributed by atoms with E-state index in [0.717, 1.165) is 0 Å². The van der Waals surface area contributed by atoms with Gasteiger partial charge in [-0.1, -0.05) is 23.7 Å². The number of benzene rings is 2. The van der Waals surface area contributed by atoms with Gasteiger partial charge in [-0.05, 0) is 24.3 Å². The molecule has 0 aliphatic carbocycles. The standard InChI is InChI=1S/C17H10ClN5O2S/c18-12-4-6-13(7-5-12)21-22-15(9-19)17-20-16(10-26-17)11-2-1-3-14(8-11)23(24)25/h1-8,10,21H/b22-15+. The maximum absolute atomic E-state index is 10.9. The van der Waals surface area contributed by atoms with Gasteiger partial charge in [-0.15, -0.1) is 11.3 Å². The third-order valence-electron chi connectivity index (χ3n) is 3.31. The second-order valence-corrected chi connectivity index (χ2v) is 6.33. The highest BCUT2D eigenvalue weighted by atomic mass is 35.5. The highest BCUT2D eigenvalue weighted by Crippen LogP contribution is 2.25. The number of hydrogen-bond acceptors (Lipinski definition) is 7. The first kappa shape index (κ1) is 17.5. The number of nitrogens with one attached hydrogen (secondary N) is 1. The lowest BCUT2D eigenvalue weighted by molar-refractivity contribution is -0.384. The first-order valence-electron chi connectivity index (χ1n) is 7.27. The molecular weight excluding hydrogens is 374 g/mol. The van der Waals surface area contributed by atoms with Crippen LogP contribution in [-0.2, 0) is 0 Å². The fraction of sp³-hybridized carbons (Fsp3) is 0. The molecule has 0 atom stereocenters. The molecule has 0 aliphatic heterocycles. The lowest BCUT2D eigenvalue weighted by Crippen LogP contribution is -2.01. The Morgan fingerprint density at radius 1 is 1.31 bits per heavy atom. The van der Waals surface area contributed by atoms with Crippen LogP contribution in [0.2, 0.25) is 5.02 Å². The van der Waals surface area contributed by atoms with E-state index in [1.807, 2.05) is 6.07 Å². The van der Waals surface area contributed by atoms with E-state index in [9.17, 15) is 15.4 Å². The van der Waals surface area contributed by atoms with Crippen molar-refractivity contribution in [3.8, 4) is 17.3 Å². The zero-order valence-corrected chi connectivity index (χ0v) is 14.7. The molecule has 0 fully saturated rings. The van der Waals surface area contributed by atoms with Crippen molar-refractivity contribution in [1.82, 2.24) is 4.98 Å². The largest absolute Gasteiger partial charge is 0.277 e. The van der Waals surface area contributed by atoms with Gasteiger partial charge < -0.3 is 0 Å². The zero-order valence-electron chi connectivity index (χ0n) is 13.1. The van der Waals surface area contributed by atoms with Crippen LogP contribution in [0.5, 0.6) is 0 Å². The third-order valence-corrected chi connectivity index (χ3v) is 4.41. The molecule has 7 nitrogen and oxygen atoms in total. The number of non-ortho nitro benzene ring substituents is 1. The summed E-state index contributed by atoms with van der Waals surface area (Å²) in [4.78, 5) is 14.8. The molecule has 2 aromatic carbocycles. The molecule has 1 N–H and O–H groups in total. The molecule has 1 aromatic heterocycles. The summed E-state index contributed by atoms with van der Waals surface area (Å²) in [6.07, 6.45) is 0. The number of thiazole rings is 1. The lowest BCUT2D eigenvalue weighted by Gasteiger charge is -2.00. The van der Waals surface area contributed by atoms with Crippen molar-refractivity contribution in [2.45, 2.75) is 0 Å². The normalized spacial score (nSPS) is 11.0. The maximum Gasteiger partial charge on any atom is 0.270 e. The maximum atomic E-state index is 10.9. The van der Waals surface area contributed by atoms with E-state index in [4.69, 9.17) is 11.6 Å². The summed E-state index contributed by atoms with van der Waals surface area (Å²) in [5.41, 5.74) is 4.70. The topological polar surface area (TPSA) is 104 Å². The molecule has 0 aliphatic rings. The van der Waals surface area contributed by atoms with E-state index < -0.39 is 4.92 Å². The number of nitro groups is 1. The van der Waals surface area contributed by atoms with Gasteiger partial charge in [0.25, 0.3) is 5.69 Å². The van der Waals surface area contributed by atoms with E-state index >= 15 is 0 Å². The van der Waals surface area contributed by atoms with E-state index in [-0.39, 0.29) is 11.4 Å². The van der Waals surface area contributed by atoms with Gasteiger partial charge in [-0.25, -0.2) is 4.98 Å². The minimum absolute atomic E-state index is 0.0179. The van der Waals surface area contributed by atoms with Crippen LogP contribution in [0.15, 0.2) is 59.0 Å². The van der Waals surface area contributed by atoms with Gasteiger partial charge in [0, 0.05) is 28.1 Å². The number of halogens is 1. The summed E-state index contributed by atoms with van der Waals surface area (Å²) in [7, 11) is 0. The zero-order chi connectivity index (χ0) is 18.5. The molecule has 0 radical (unpaired) electrons. The molecule has 3 rings (SSSR count). The van der Waals surface area contributed by atoms with Gasteiger partial charge in [-0.3, -0.25) is 15.5 Å². The van der Waals surface area contributed by atoms with Crippen LogP contribution in [0.1, 0.15) is 5.01 Å². The molecule has 0 spiro atoms. The van der Waals surface area contributed by atoms with Gasteiger partial charge in [0.05, 0.1) is 16.3 Å². The first-order chi connectivity index (χ1) is 12.6. The van der Waals surface area contributed by atoms with Gasteiger partial charge in [0.15, 0.2) is 10.7 Å². The summed E-state index contributed by atoms with van der Waals surface area (Å²) < 4.78 is 0. The Labute approximate surface area is 157 Å². The van der Waals surface area contributed by atoms with E-state index in [2.05, 4.69) is 15.5 Å². The number of aromatic nitrogens is 1. The minimum Gasteiger partial charge on any atom is -0.277 e. The van der Waals surface area contributed by atoms with Gasteiger partial charge in [-0.2, -0.15) is 10.4 Å². The Kier molecular flexibility index (Phi) is 5.22. The van der Waals surface area contributed by atoms with Crippen molar-refractivity contribution in [2.24, 2.45) is 5.10 Å². The van der Waals surface area contributed by atoms with Crippen LogP contribution in [0.4, 0.5) is 11.4 Å².